The van der Waals surface area contributed by atoms with Crippen LogP contribution in [0.3, 0.4) is 0 Å². The highest BCUT2D eigenvalue weighted by molar-refractivity contribution is 6.75. The van der Waals surface area contributed by atoms with E-state index in [1.165, 1.54) is 0 Å². The zero-order valence-electron chi connectivity index (χ0n) is 28.1. The summed E-state index contributed by atoms with van der Waals surface area (Å²) in [5, 5.41) is -0.0328. The van der Waals surface area contributed by atoms with Crippen LogP contribution in [0.5, 0.6) is 0 Å². The zero-order valence-corrected chi connectivity index (χ0v) is 31.1. The second-order valence-electron chi connectivity index (χ2n) is 16.1. The molecule has 2 aromatic heterocycles. The molecule has 10 nitrogen and oxygen atoms in total. The monoisotopic (exact) mass is 625 g/mol. The molecule has 0 bridgehead atoms. The molecule has 1 aliphatic rings. The predicted octanol–water partition coefficient (Wildman–Crippen LogP) is 6.40. The van der Waals surface area contributed by atoms with E-state index in [4.69, 9.17) is 23.7 Å². The van der Waals surface area contributed by atoms with Crippen LogP contribution in [-0.4, -0.2) is 69.4 Å². The van der Waals surface area contributed by atoms with Gasteiger partial charge < -0.3 is 23.7 Å². The van der Waals surface area contributed by atoms with Crippen LogP contribution in [0.25, 0.3) is 11.2 Å². The highest BCUT2D eigenvalue weighted by atomic mass is 28.4. The number of rotatable bonds is 8. The summed E-state index contributed by atoms with van der Waals surface area (Å²) in [6, 6.07) is 0. The van der Waals surface area contributed by atoms with E-state index in [9.17, 15) is 4.79 Å². The minimum absolute atomic E-state index is 0.0241. The summed E-state index contributed by atoms with van der Waals surface area (Å²) in [5.41, 5.74) is 6.13. The van der Waals surface area contributed by atoms with Crippen LogP contribution in [0.4, 0.5) is 5.95 Å². The first-order valence-corrected chi connectivity index (χ1v) is 23.4. The van der Waals surface area contributed by atoms with Crippen molar-refractivity contribution in [2.24, 2.45) is 0 Å². The van der Waals surface area contributed by atoms with Crippen molar-refractivity contribution in [2.45, 2.75) is 141 Å². The molecule has 0 saturated carbocycles. The second-order valence-corrected chi connectivity index (χ2v) is 30.4. The third-order valence-corrected chi connectivity index (χ3v) is 23.3. The van der Waals surface area contributed by atoms with E-state index in [-0.39, 0.29) is 26.6 Å². The molecule has 2 aromatic rings. The maximum absolute atomic E-state index is 12.7. The molecule has 0 aromatic carbocycles. The summed E-state index contributed by atoms with van der Waals surface area (Å²) in [5.74, 6) is 0.0241. The van der Waals surface area contributed by atoms with Crippen molar-refractivity contribution in [1.82, 2.24) is 19.5 Å². The molecule has 41 heavy (non-hydrogen) atoms. The fraction of sp³-hybridized carbons (Fsp3) is 0.821. The first kappa shape index (κ1) is 34.1. The number of anilines is 1. The highest BCUT2D eigenvalue weighted by Gasteiger charge is 2.55. The Hall–Kier alpha value is -1.36. The molecule has 0 spiro atoms. The zero-order chi connectivity index (χ0) is 31.6. The predicted molar refractivity (Wildman–Crippen MR) is 174 cm³/mol. The van der Waals surface area contributed by atoms with Gasteiger partial charge in [0.25, 0.3) is 5.56 Å². The summed E-state index contributed by atoms with van der Waals surface area (Å²) < 4.78 is 29.8. The van der Waals surface area contributed by atoms with Gasteiger partial charge >= 0.3 is 0 Å². The third kappa shape index (κ3) is 6.91. The van der Waals surface area contributed by atoms with E-state index < -0.39 is 55.1 Å². The van der Waals surface area contributed by atoms with Gasteiger partial charge in [-0.25, -0.2) is 4.98 Å². The van der Waals surface area contributed by atoms with Crippen molar-refractivity contribution >= 4 is 42.1 Å². The molecule has 3 heterocycles. The van der Waals surface area contributed by atoms with Crippen LogP contribution in [0, 0.1) is 0 Å². The molecule has 234 valence electrons. The third-order valence-electron chi connectivity index (χ3n) is 9.90. The second kappa shape index (κ2) is 11.0. The molecule has 13 heteroatoms. The summed E-state index contributed by atoms with van der Waals surface area (Å²) in [4.78, 5) is 24.0. The van der Waals surface area contributed by atoms with Gasteiger partial charge in [0.15, 0.2) is 42.3 Å². The first-order chi connectivity index (χ1) is 18.3. The smallest absolute Gasteiger partial charge is 0.280 e. The number of fused-ring (bicyclic) bond motifs is 1. The normalized spacial score (nSPS) is 23.5. The van der Waals surface area contributed by atoms with Gasteiger partial charge in [0.1, 0.15) is 18.3 Å². The number of hydrogen-bond acceptors (Lipinski definition) is 8. The van der Waals surface area contributed by atoms with E-state index in [0.29, 0.717) is 12.3 Å². The summed E-state index contributed by atoms with van der Waals surface area (Å²) in [6.07, 6.45) is -0.297. The van der Waals surface area contributed by atoms with Crippen LogP contribution >= 0.6 is 0 Å². The SMILES string of the molecule is CC(C)(C)[Si](C)(C)OC[C@H]1O[C@@H](n2cnc3c(=O)[nH]c(N)nc32)[C@@H](O[Si](C)(C)C(C)(C)C)C1O[Si](C)(C)C(C)(C)C. The lowest BCUT2D eigenvalue weighted by molar-refractivity contribution is -0.0470. The maximum atomic E-state index is 12.7. The van der Waals surface area contributed by atoms with Gasteiger partial charge in [-0.15, -0.1) is 0 Å². The van der Waals surface area contributed by atoms with Crippen LogP contribution in [-0.2, 0) is 18.0 Å². The largest absolute Gasteiger partial charge is 0.414 e. The highest BCUT2D eigenvalue weighted by Crippen LogP contribution is 2.46. The van der Waals surface area contributed by atoms with Crippen molar-refractivity contribution in [3.63, 3.8) is 0 Å². The van der Waals surface area contributed by atoms with Crippen molar-refractivity contribution in [2.75, 3.05) is 12.3 Å². The van der Waals surface area contributed by atoms with Gasteiger partial charge in [0.2, 0.25) is 5.95 Å². The molecule has 3 N–H and O–H groups in total. The molecular formula is C28H55N5O5Si3. The van der Waals surface area contributed by atoms with E-state index in [1.807, 2.05) is 0 Å². The van der Waals surface area contributed by atoms with E-state index in [0.717, 1.165) is 0 Å². The van der Waals surface area contributed by atoms with Gasteiger partial charge in [-0.1, -0.05) is 62.3 Å². The number of nitrogens with zero attached hydrogens (tertiary/aromatic N) is 3. The van der Waals surface area contributed by atoms with Crippen LogP contribution < -0.4 is 11.3 Å². The lowest BCUT2D eigenvalue weighted by atomic mass is 10.1. The van der Waals surface area contributed by atoms with E-state index in [1.54, 1.807) is 10.9 Å². The van der Waals surface area contributed by atoms with Crippen molar-refractivity contribution < 1.29 is 18.0 Å². The molecular weight excluding hydrogens is 571 g/mol. The quantitative estimate of drug-likeness (QED) is 0.323. The Bertz CT molecular complexity index is 1290. The number of nitrogens with two attached hydrogens (primary N) is 1. The Morgan fingerprint density at radius 2 is 1.37 bits per heavy atom. The summed E-state index contributed by atoms with van der Waals surface area (Å²) >= 11 is 0. The molecule has 1 aliphatic heterocycles. The molecule has 1 saturated heterocycles. The van der Waals surface area contributed by atoms with Gasteiger partial charge in [-0.2, -0.15) is 4.98 Å². The average Bonchev–Trinajstić information content (AvgIpc) is 3.31. The summed E-state index contributed by atoms with van der Waals surface area (Å²) in [7, 11) is -6.69. The Morgan fingerprint density at radius 1 is 0.878 bits per heavy atom. The topological polar surface area (TPSA) is 127 Å². The molecule has 1 fully saturated rings. The minimum Gasteiger partial charge on any atom is -0.414 e. The lowest BCUT2D eigenvalue weighted by Gasteiger charge is -2.44. The standard InChI is InChI=1S/C28H55N5O5Si3/c1-26(2,3)39(10,11)35-16-18-20(37-40(12,13)27(4,5)6)21(38-41(14,15)28(7,8)9)24(36-18)33-17-30-19-22(33)31-25(29)32-23(19)34/h17-18,20-21,24H,16H2,1-15H3,(H3,29,31,32,34)/t18-,20?,21+,24-/m1/s1. The molecule has 0 radical (unpaired) electrons. The first-order valence-electron chi connectivity index (χ1n) is 14.7. The number of H-pyrrole nitrogens is 1. The summed E-state index contributed by atoms with van der Waals surface area (Å²) in [6.45, 7) is 33.9. The van der Waals surface area contributed by atoms with Crippen LogP contribution in [0.1, 0.15) is 68.5 Å². The number of ether oxygens (including phenoxy) is 1. The van der Waals surface area contributed by atoms with Gasteiger partial charge in [-0.05, 0) is 54.4 Å². The average molecular weight is 626 g/mol. The molecule has 0 aliphatic carbocycles. The molecule has 3 rings (SSSR count). The van der Waals surface area contributed by atoms with Crippen molar-refractivity contribution in [1.29, 1.82) is 0 Å². The number of aromatic nitrogens is 4. The number of nitrogens with one attached hydrogen (secondary N) is 1. The Kier molecular flexibility index (Phi) is 9.13. The van der Waals surface area contributed by atoms with Crippen molar-refractivity contribution in [3.05, 3.63) is 16.7 Å². The fourth-order valence-corrected chi connectivity index (χ4v) is 7.62. The van der Waals surface area contributed by atoms with Crippen molar-refractivity contribution in [3.8, 4) is 0 Å². The number of hydrogen-bond donors (Lipinski definition) is 2. The van der Waals surface area contributed by atoms with E-state index in [2.05, 4.69) is 117 Å². The molecule has 4 atom stereocenters. The van der Waals surface area contributed by atoms with Gasteiger partial charge in [-0.3, -0.25) is 14.3 Å². The van der Waals surface area contributed by atoms with E-state index >= 15 is 0 Å². The maximum Gasteiger partial charge on any atom is 0.280 e. The Morgan fingerprint density at radius 3 is 1.85 bits per heavy atom. The number of aromatic amines is 1. The van der Waals surface area contributed by atoms with Gasteiger partial charge in [0, 0.05) is 0 Å². The lowest BCUT2D eigenvalue weighted by Crippen LogP contribution is -2.54. The molecule has 1 unspecified atom stereocenters. The van der Waals surface area contributed by atoms with Crippen LogP contribution in [0.15, 0.2) is 11.1 Å². The minimum atomic E-state index is -2.32. The van der Waals surface area contributed by atoms with Gasteiger partial charge in [0.05, 0.1) is 12.9 Å². The number of nitrogen functional groups attached to an aromatic ring is 1. The number of imidazole rings is 1. The Labute approximate surface area is 249 Å². The fourth-order valence-electron chi connectivity index (χ4n) is 4.00. The molecule has 0 amide bonds. The Balaban J connectivity index is 2.18. The van der Waals surface area contributed by atoms with Crippen LogP contribution in [0.2, 0.25) is 54.4 Å².